The third-order valence-corrected chi connectivity index (χ3v) is 3.58. The first-order valence-corrected chi connectivity index (χ1v) is 7.71. The van der Waals surface area contributed by atoms with Gasteiger partial charge in [-0.1, -0.05) is 18.5 Å². The van der Waals surface area contributed by atoms with E-state index in [1.165, 1.54) is 11.3 Å². The molecule has 6 heteroatoms. The van der Waals surface area contributed by atoms with Crippen molar-refractivity contribution >= 4 is 34.5 Å². The molecule has 106 valence electrons. The fourth-order valence-corrected chi connectivity index (χ4v) is 2.44. The third-order valence-electron chi connectivity index (χ3n) is 2.71. The van der Waals surface area contributed by atoms with Crippen molar-refractivity contribution in [3.05, 3.63) is 45.4 Å². The lowest BCUT2D eigenvalue weighted by Gasteiger charge is -2.11. The first kappa shape index (κ1) is 14.8. The predicted octanol–water partition coefficient (Wildman–Crippen LogP) is 3.55. The van der Waals surface area contributed by atoms with E-state index in [1.54, 1.807) is 17.6 Å². The Morgan fingerprint density at radius 2 is 2.30 bits per heavy atom. The van der Waals surface area contributed by atoms with E-state index in [4.69, 9.17) is 11.6 Å². The van der Waals surface area contributed by atoms with Crippen molar-refractivity contribution in [3.8, 4) is 0 Å². The molecule has 1 heterocycles. The average molecular weight is 310 g/mol. The van der Waals surface area contributed by atoms with Crippen LogP contribution in [-0.2, 0) is 6.54 Å². The average Bonchev–Trinajstić information content (AvgIpc) is 2.96. The Labute approximate surface area is 127 Å². The molecule has 2 N–H and O–H groups in total. The topological polar surface area (TPSA) is 54.0 Å². The molecule has 0 aliphatic rings. The van der Waals surface area contributed by atoms with E-state index < -0.39 is 0 Å². The van der Waals surface area contributed by atoms with Gasteiger partial charge in [-0.25, -0.2) is 4.98 Å². The number of halogens is 1. The zero-order chi connectivity index (χ0) is 14.4. The monoisotopic (exact) mass is 309 g/mol. The normalized spacial score (nSPS) is 10.3. The molecule has 0 saturated heterocycles. The fraction of sp³-hybridized carbons (Fsp3) is 0.286. The molecular weight excluding hydrogens is 294 g/mol. The second kappa shape index (κ2) is 7.26. The van der Waals surface area contributed by atoms with Crippen LogP contribution in [0, 0.1) is 0 Å². The van der Waals surface area contributed by atoms with Crippen molar-refractivity contribution < 1.29 is 4.79 Å². The van der Waals surface area contributed by atoms with Crippen LogP contribution < -0.4 is 10.6 Å². The molecule has 1 amide bonds. The van der Waals surface area contributed by atoms with Crippen molar-refractivity contribution in [2.45, 2.75) is 19.9 Å². The quantitative estimate of drug-likeness (QED) is 0.858. The first-order chi connectivity index (χ1) is 9.70. The van der Waals surface area contributed by atoms with Crippen molar-refractivity contribution in [1.82, 2.24) is 10.3 Å². The maximum absolute atomic E-state index is 12.2. The standard InChI is InChI=1S/C14H16ClN3OS/c1-2-5-16-13-4-3-10(15)6-12(13)14(19)17-7-11-8-20-9-18-11/h3-4,6,8-9,16H,2,5,7H2,1H3,(H,17,19). The minimum Gasteiger partial charge on any atom is -0.384 e. The molecule has 20 heavy (non-hydrogen) atoms. The highest BCUT2D eigenvalue weighted by Gasteiger charge is 2.12. The summed E-state index contributed by atoms with van der Waals surface area (Å²) >= 11 is 7.48. The molecule has 0 aliphatic heterocycles. The number of nitrogens with zero attached hydrogens (tertiary/aromatic N) is 1. The molecule has 2 rings (SSSR count). The number of nitrogens with one attached hydrogen (secondary N) is 2. The van der Waals surface area contributed by atoms with Crippen LogP contribution in [0.3, 0.4) is 0 Å². The molecule has 0 spiro atoms. The van der Waals surface area contributed by atoms with E-state index >= 15 is 0 Å². The van der Waals surface area contributed by atoms with Crippen LogP contribution in [0.25, 0.3) is 0 Å². The number of hydrogen-bond donors (Lipinski definition) is 2. The number of hydrogen-bond acceptors (Lipinski definition) is 4. The van der Waals surface area contributed by atoms with Gasteiger partial charge in [-0.2, -0.15) is 0 Å². The number of aromatic nitrogens is 1. The largest absolute Gasteiger partial charge is 0.384 e. The van der Waals surface area contributed by atoms with Gasteiger partial charge in [-0.05, 0) is 24.6 Å². The van der Waals surface area contributed by atoms with Gasteiger partial charge < -0.3 is 10.6 Å². The van der Waals surface area contributed by atoms with Gasteiger partial charge in [0.05, 0.1) is 23.3 Å². The third kappa shape index (κ3) is 3.95. The Bertz CT molecular complexity index is 572. The molecule has 0 unspecified atom stereocenters. The first-order valence-electron chi connectivity index (χ1n) is 6.39. The molecule has 1 aromatic heterocycles. The Hall–Kier alpha value is -1.59. The van der Waals surface area contributed by atoms with Gasteiger partial charge in [-0.15, -0.1) is 11.3 Å². The minimum absolute atomic E-state index is 0.154. The van der Waals surface area contributed by atoms with Gasteiger partial charge in [0.15, 0.2) is 0 Å². The molecule has 0 saturated carbocycles. The van der Waals surface area contributed by atoms with E-state index in [2.05, 4.69) is 22.5 Å². The minimum atomic E-state index is -0.154. The number of thiazole rings is 1. The van der Waals surface area contributed by atoms with Gasteiger partial charge in [0.2, 0.25) is 0 Å². The molecule has 2 aromatic rings. The molecule has 1 aromatic carbocycles. The number of rotatable bonds is 6. The van der Waals surface area contributed by atoms with E-state index in [1.807, 2.05) is 11.4 Å². The van der Waals surface area contributed by atoms with Gasteiger partial charge >= 0.3 is 0 Å². The molecule has 4 nitrogen and oxygen atoms in total. The van der Waals surface area contributed by atoms with Crippen LogP contribution in [0.5, 0.6) is 0 Å². The summed E-state index contributed by atoms with van der Waals surface area (Å²) in [5.74, 6) is -0.154. The second-order valence-corrected chi connectivity index (χ2v) is 5.43. The zero-order valence-corrected chi connectivity index (χ0v) is 12.7. The lowest BCUT2D eigenvalue weighted by atomic mass is 10.1. The van der Waals surface area contributed by atoms with Crippen LogP contribution >= 0.6 is 22.9 Å². The maximum atomic E-state index is 12.2. The highest BCUT2D eigenvalue weighted by molar-refractivity contribution is 7.07. The molecule has 0 bridgehead atoms. The van der Waals surface area contributed by atoms with Crippen LogP contribution in [-0.4, -0.2) is 17.4 Å². The predicted molar refractivity (Wildman–Crippen MR) is 83.5 cm³/mol. The van der Waals surface area contributed by atoms with E-state index in [0.717, 1.165) is 24.3 Å². The molecule has 0 atom stereocenters. The van der Waals surface area contributed by atoms with E-state index in [-0.39, 0.29) is 5.91 Å². The van der Waals surface area contributed by atoms with E-state index in [0.29, 0.717) is 17.1 Å². The second-order valence-electron chi connectivity index (χ2n) is 4.28. The number of carbonyl (C=O) groups excluding carboxylic acids is 1. The summed E-state index contributed by atoms with van der Waals surface area (Å²) in [4.78, 5) is 16.4. The number of benzene rings is 1. The summed E-state index contributed by atoms with van der Waals surface area (Å²) in [6.45, 7) is 3.31. The highest BCUT2D eigenvalue weighted by atomic mass is 35.5. The smallest absolute Gasteiger partial charge is 0.253 e. The lowest BCUT2D eigenvalue weighted by molar-refractivity contribution is 0.0951. The summed E-state index contributed by atoms with van der Waals surface area (Å²) in [5.41, 5.74) is 3.96. The number of amides is 1. The van der Waals surface area contributed by atoms with Crippen molar-refractivity contribution in [2.24, 2.45) is 0 Å². The van der Waals surface area contributed by atoms with Crippen molar-refractivity contribution in [3.63, 3.8) is 0 Å². The molecule has 0 fully saturated rings. The van der Waals surface area contributed by atoms with Crippen LogP contribution in [0.1, 0.15) is 29.4 Å². The van der Waals surface area contributed by atoms with Crippen molar-refractivity contribution in [2.75, 3.05) is 11.9 Å². The fourth-order valence-electron chi connectivity index (χ4n) is 1.71. The highest BCUT2D eigenvalue weighted by Crippen LogP contribution is 2.21. The molecular formula is C14H16ClN3OS. The van der Waals surface area contributed by atoms with Crippen LogP contribution in [0.2, 0.25) is 5.02 Å². The number of carbonyl (C=O) groups is 1. The Morgan fingerprint density at radius 1 is 1.45 bits per heavy atom. The lowest BCUT2D eigenvalue weighted by Crippen LogP contribution is -2.24. The Kier molecular flexibility index (Phi) is 5.38. The van der Waals surface area contributed by atoms with Crippen LogP contribution in [0.4, 0.5) is 5.69 Å². The summed E-state index contributed by atoms with van der Waals surface area (Å²) in [5, 5.41) is 8.54. The summed E-state index contributed by atoms with van der Waals surface area (Å²) in [7, 11) is 0. The number of anilines is 1. The van der Waals surface area contributed by atoms with Crippen molar-refractivity contribution in [1.29, 1.82) is 0 Å². The SMILES string of the molecule is CCCNc1ccc(Cl)cc1C(=O)NCc1cscn1. The van der Waals surface area contributed by atoms with E-state index in [9.17, 15) is 4.79 Å². The van der Waals surface area contributed by atoms with Crippen LogP contribution in [0.15, 0.2) is 29.1 Å². The Balaban J connectivity index is 2.08. The molecule has 0 aliphatic carbocycles. The summed E-state index contributed by atoms with van der Waals surface area (Å²) in [6, 6.07) is 5.28. The van der Waals surface area contributed by atoms with Gasteiger partial charge in [0, 0.05) is 22.6 Å². The summed E-state index contributed by atoms with van der Waals surface area (Å²) < 4.78 is 0. The molecule has 0 radical (unpaired) electrons. The van der Waals surface area contributed by atoms with Gasteiger partial charge in [0.25, 0.3) is 5.91 Å². The summed E-state index contributed by atoms with van der Waals surface area (Å²) in [6.07, 6.45) is 0.989. The van der Waals surface area contributed by atoms with Gasteiger partial charge in [-0.3, -0.25) is 4.79 Å². The van der Waals surface area contributed by atoms with Gasteiger partial charge in [0.1, 0.15) is 0 Å². The Morgan fingerprint density at radius 3 is 3.00 bits per heavy atom. The maximum Gasteiger partial charge on any atom is 0.253 e. The zero-order valence-electron chi connectivity index (χ0n) is 11.1.